The Balaban J connectivity index is 1.02. The second-order valence-corrected chi connectivity index (χ2v) is 32.4. The first-order valence-electron chi connectivity index (χ1n) is 40.8. The minimum atomic E-state index is -2.63. The smallest absolute Gasteiger partial charge is 0.217 e. The van der Waals surface area contributed by atoms with Crippen LogP contribution in [0.15, 0.2) is 0 Å². The predicted octanol–water partition coefficient (Wildman–Crippen LogP) is -19.9. The molecule has 6 amide bonds. The van der Waals surface area contributed by atoms with Crippen molar-refractivity contribution in [2.24, 2.45) is 0 Å². The molecule has 10 saturated heterocycles. The van der Waals surface area contributed by atoms with E-state index in [0.717, 1.165) is 41.5 Å². The lowest BCUT2D eigenvalue weighted by atomic mass is 9.93. The minimum Gasteiger partial charge on any atom is -0.394 e. The molecule has 50 atom stereocenters. The molecule has 0 saturated carbocycles. The van der Waals surface area contributed by atoms with Crippen molar-refractivity contribution in [1.29, 1.82) is 0 Å². The summed E-state index contributed by atoms with van der Waals surface area (Å²) in [6.45, 7) is -0.603. The molecule has 10 aliphatic rings. The van der Waals surface area contributed by atoms with E-state index >= 15 is 0 Å². The van der Waals surface area contributed by atoms with Crippen molar-refractivity contribution >= 4 is 35.4 Å². The van der Waals surface area contributed by atoms with E-state index in [-0.39, 0.29) is 0 Å². The van der Waals surface area contributed by atoms with E-state index in [1.165, 1.54) is 13.8 Å². The second-order valence-electron chi connectivity index (χ2n) is 32.4. The number of hydrogen-bond acceptors (Lipinski definition) is 49. The zero-order chi connectivity index (χ0) is 93.7. The lowest BCUT2D eigenvalue weighted by Gasteiger charge is -2.52. The van der Waals surface area contributed by atoms with Crippen molar-refractivity contribution in [3.8, 4) is 0 Å². The highest BCUT2D eigenvalue weighted by atomic mass is 16.8. The van der Waals surface area contributed by atoms with Crippen molar-refractivity contribution in [2.45, 2.75) is 362 Å². The maximum Gasteiger partial charge on any atom is 0.217 e. The molecule has 0 bridgehead atoms. The van der Waals surface area contributed by atoms with Crippen molar-refractivity contribution in [3.05, 3.63) is 0 Å². The highest BCUT2D eigenvalue weighted by Gasteiger charge is 2.63. The molecule has 127 heavy (non-hydrogen) atoms. The average Bonchev–Trinajstić information content (AvgIpc) is 0.757. The van der Waals surface area contributed by atoms with Gasteiger partial charge >= 0.3 is 0 Å². The first kappa shape index (κ1) is 104. The summed E-state index contributed by atoms with van der Waals surface area (Å²) < 4.78 is 116. The normalized spacial score (nSPS) is 48.1. The fourth-order valence-corrected chi connectivity index (χ4v) is 16.7. The number of ether oxygens (including phenoxy) is 19. The molecule has 0 aliphatic carbocycles. The van der Waals surface area contributed by atoms with Gasteiger partial charge in [-0.2, -0.15) is 0 Å². The van der Waals surface area contributed by atoms with Gasteiger partial charge in [-0.3, -0.25) is 28.8 Å². The molecule has 10 heterocycles. The van der Waals surface area contributed by atoms with E-state index in [0.29, 0.717) is 0 Å². The lowest BCUT2D eigenvalue weighted by molar-refractivity contribution is -0.402. The van der Waals surface area contributed by atoms with Crippen molar-refractivity contribution < 1.29 is 241 Å². The van der Waals surface area contributed by atoms with Crippen LogP contribution in [0.1, 0.15) is 55.4 Å². The summed E-state index contributed by atoms with van der Waals surface area (Å²) >= 11 is 0. The number of carbonyl (C=O) groups excluding carboxylic acids is 6. The maximum absolute atomic E-state index is 13.7. The molecule has 55 nitrogen and oxygen atoms in total. The van der Waals surface area contributed by atoms with E-state index in [2.05, 4.69) is 31.9 Å². The van der Waals surface area contributed by atoms with Crippen LogP contribution in [-0.2, 0) is 119 Å². The molecule has 0 aromatic carbocycles. The Morgan fingerprint density at radius 1 is 0.220 bits per heavy atom. The van der Waals surface area contributed by atoms with Gasteiger partial charge in [0.2, 0.25) is 35.4 Å². The topological polar surface area (TPSA) is 835 Å². The minimum absolute atomic E-state index is 0.768. The lowest BCUT2D eigenvalue weighted by Crippen LogP contribution is -2.72. The van der Waals surface area contributed by atoms with Gasteiger partial charge in [0.05, 0.1) is 65.1 Å². The third-order valence-electron chi connectivity index (χ3n) is 23.2. The molecule has 0 aromatic rings. The summed E-state index contributed by atoms with van der Waals surface area (Å²) in [5.74, 6) is -5.32. The quantitative estimate of drug-likeness (QED) is 0.0297. The summed E-state index contributed by atoms with van der Waals surface area (Å²) in [4.78, 5) is 77.1. The largest absolute Gasteiger partial charge is 0.394 e. The Bertz CT molecular complexity index is 3530. The molecule has 10 rings (SSSR count). The van der Waals surface area contributed by atoms with Crippen LogP contribution in [-0.4, -0.2) is 518 Å². The summed E-state index contributed by atoms with van der Waals surface area (Å²) in [6.07, 6.45) is -90.7. The van der Waals surface area contributed by atoms with Gasteiger partial charge in [-0.05, 0) is 13.8 Å². The van der Waals surface area contributed by atoms with Gasteiger partial charge in [0.15, 0.2) is 62.9 Å². The van der Waals surface area contributed by atoms with E-state index in [4.69, 9.17) is 90.0 Å². The highest BCUT2D eigenvalue weighted by Crippen LogP contribution is 2.42. The predicted molar refractivity (Wildman–Crippen MR) is 396 cm³/mol. The number of amides is 6. The summed E-state index contributed by atoms with van der Waals surface area (Å²) in [5, 5.41) is 287. The van der Waals surface area contributed by atoms with Gasteiger partial charge in [-0.25, -0.2) is 0 Å². The summed E-state index contributed by atoms with van der Waals surface area (Å²) in [5.41, 5.74) is 0. The van der Waals surface area contributed by atoms with Crippen LogP contribution in [0.5, 0.6) is 0 Å². The molecule has 1 unspecified atom stereocenters. The molecule has 55 heteroatoms. The number of carbonyl (C=O) groups is 6. The third kappa shape index (κ3) is 23.5. The fourth-order valence-electron chi connectivity index (χ4n) is 16.7. The summed E-state index contributed by atoms with van der Waals surface area (Å²) in [6, 6.07) is -10.9. The van der Waals surface area contributed by atoms with Crippen LogP contribution in [0, 0.1) is 0 Å². The molecule has 30 N–H and O–H groups in total. The van der Waals surface area contributed by atoms with Crippen molar-refractivity contribution in [2.75, 3.05) is 52.9 Å². The van der Waals surface area contributed by atoms with Gasteiger partial charge < -0.3 is 244 Å². The second kappa shape index (κ2) is 45.4. The molecular weight excluding hydrogens is 1730 g/mol. The van der Waals surface area contributed by atoms with Crippen LogP contribution in [0.4, 0.5) is 0 Å². The Morgan fingerprint density at radius 3 is 0.969 bits per heavy atom. The van der Waals surface area contributed by atoms with E-state index in [9.17, 15) is 151 Å². The Kier molecular flexibility index (Phi) is 37.3. The van der Waals surface area contributed by atoms with E-state index in [1.807, 2.05) is 0 Å². The highest BCUT2D eigenvalue weighted by molar-refractivity contribution is 5.75. The average molecular weight is 1850 g/mol. The molecule has 0 spiro atoms. The van der Waals surface area contributed by atoms with E-state index in [1.54, 1.807) is 0 Å². The van der Waals surface area contributed by atoms with Crippen LogP contribution in [0.2, 0.25) is 0 Å². The third-order valence-corrected chi connectivity index (χ3v) is 23.2. The number of rotatable bonds is 32. The Morgan fingerprint density at radius 2 is 0.512 bits per heavy atom. The number of aliphatic hydroxyl groups excluding tert-OH is 24. The van der Waals surface area contributed by atoms with Gasteiger partial charge in [0, 0.05) is 41.5 Å². The zero-order valence-corrected chi connectivity index (χ0v) is 69.5. The van der Waals surface area contributed by atoms with Crippen LogP contribution >= 0.6 is 0 Å². The van der Waals surface area contributed by atoms with Crippen molar-refractivity contribution in [3.63, 3.8) is 0 Å². The SMILES string of the molecule is CC(=O)N[C@H]1[C@H](O[C@@H]2[C@@H](OC[C@H]3O[C@@H](O[C@H]4[C@H](O)[C@@H](NC(C)=O)[C@H](O[C@H]5[C@H](O)[C@@H](NC(C)=O)C(O)O[C@@H]5CO)O[C@@H]4CO)[C@@H](O)[C@@H](O[C@H]4O[C@H](CO)[C@@H](O)[C@H](O)[C@@H]4O[C@@H]4O[C@H](CO)[C@@H](O[C@@H]5O[C@H](CO)[C@H](O)[C@H](O)[C@H]5NC(C)=O)[C@H](O[C@@H]5O[C@@H](C)[C@@H](O)[C@@H](O)[C@@H]5O)[C@H]4NC(C)=O)[C@@H]3O)O[C@H](CO)[C@@H](O)[C@@H]2O)O[C@H](C)[C@@H](O[C@@H]2O[C@H](CO)[C@H](O)[C@H](O)[C@H]2NC(C)=O)[C@@H]1O. The molecule has 0 radical (unpaired) electrons. The van der Waals surface area contributed by atoms with Gasteiger partial charge in [-0.1, -0.05) is 0 Å². The first-order chi connectivity index (χ1) is 60.0. The Hall–Kier alpha value is -4.90. The number of nitrogens with one attached hydrogen (secondary N) is 6. The molecular formula is C72H120N6O49. The molecule has 732 valence electrons. The van der Waals surface area contributed by atoms with E-state index < -0.39 is 395 Å². The van der Waals surface area contributed by atoms with Crippen LogP contribution in [0.3, 0.4) is 0 Å². The number of hydrogen-bond donors (Lipinski definition) is 30. The van der Waals surface area contributed by atoms with Crippen LogP contribution in [0.25, 0.3) is 0 Å². The molecule has 10 aliphatic heterocycles. The van der Waals surface area contributed by atoms with Crippen molar-refractivity contribution in [1.82, 2.24) is 31.9 Å². The monoisotopic (exact) mass is 1850 g/mol. The number of aliphatic hydroxyl groups is 24. The van der Waals surface area contributed by atoms with Crippen LogP contribution < -0.4 is 31.9 Å². The zero-order valence-electron chi connectivity index (χ0n) is 69.5. The standard InChI is InChI=1S/C72H120N6O49/c1-17-39(92)50(103)53(106)69(110-17)124-59-38(78-24(8)91)68(118-31(15-85)58(59)123-66-35(75-21(5)88)46(99)41(94)26(10-80)114-66)127-62-52(105)43(96)28(12-82)116-72(62)125-60-44(97)32(119-70(54(60)107)122-57-30(14-84)117-67(37(49(57)102)77-23(7)90)121-56-29(13-83)112-63(108)33(47(56)100)73-19(3)86)16-109-71-61(51(104)42(95)27(11-81)115-71)126-64-36(76-22(6)89)48(101)55(18(2)111-64)120-65-34(74-20(4)87)45(98)40(93)25(9-79)113-65/h17-18,25-72,79-85,92-108H,9-16H2,1-8H3,(H,73,86)(H,74,87)(H,75,88)(H,76,89)(H,77,90)(H,78,91)/t17-,18+,25+,26+,27+,28+,29+,30+,31+,32+,33+,34+,35+,36+,37+,38+,39+,40-,41-,42+,43+,44+,45+,46+,47+,48+,49+,50+,51-,52-,53-,54-,55+,56+,57+,58+,59+,60-,61-,62-,63?,64-,65-,66-,67-,68-,69-,70-,71-,72+/m0/s1. The van der Waals surface area contributed by atoms with Gasteiger partial charge in [0.25, 0.3) is 0 Å². The molecule has 0 aromatic heterocycles. The Labute approximate surface area is 721 Å². The first-order valence-corrected chi connectivity index (χ1v) is 40.8. The fraction of sp³-hybridized carbons (Fsp3) is 0.917. The van der Waals surface area contributed by atoms with Gasteiger partial charge in [-0.15, -0.1) is 0 Å². The van der Waals surface area contributed by atoms with Gasteiger partial charge in [0.1, 0.15) is 232 Å². The maximum atomic E-state index is 13.7. The molecule has 10 fully saturated rings. The summed E-state index contributed by atoms with van der Waals surface area (Å²) in [7, 11) is 0.